The molecule has 1 aromatic carbocycles. The van der Waals surface area contributed by atoms with Crippen LogP contribution in [0.1, 0.15) is 30.4 Å². The molecule has 5 heteroatoms. The van der Waals surface area contributed by atoms with Gasteiger partial charge in [-0.15, -0.1) is 12.4 Å². The summed E-state index contributed by atoms with van der Waals surface area (Å²) < 4.78 is 0. The van der Waals surface area contributed by atoms with E-state index in [9.17, 15) is 4.79 Å². The zero-order valence-electron chi connectivity index (χ0n) is 12.9. The summed E-state index contributed by atoms with van der Waals surface area (Å²) in [5.74, 6) is 0.282. The Labute approximate surface area is 137 Å². The average molecular weight is 322 g/mol. The van der Waals surface area contributed by atoms with Crippen molar-refractivity contribution in [3.8, 4) is 0 Å². The number of rotatable bonds is 4. The molecule has 1 fully saturated rings. The van der Waals surface area contributed by atoms with Crippen molar-refractivity contribution >= 4 is 29.2 Å². The fourth-order valence-electron chi connectivity index (χ4n) is 3.29. The van der Waals surface area contributed by atoms with E-state index in [-0.39, 0.29) is 30.3 Å². The highest BCUT2D eigenvalue weighted by molar-refractivity contribution is 5.86. The number of halogens is 1. The summed E-state index contributed by atoms with van der Waals surface area (Å²) in [5, 5.41) is 4.31. The Hall–Kier alpha value is -1.52. The first-order valence-electron chi connectivity index (χ1n) is 7.74. The van der Waals surface area contributed by atoms with Crippen LogP contribution in [0.2, 0.25) is 0 Å². The third-order valence-electron chi connectivity index (χ3n) is 4.55. The molecule has 0 radical (unpaired) electrons. The smallest absolute Gasteiger partial charge is 0.223 e. The predicted octanol–water partition coefficient (Wildman–Crippen LogP) is 2.68. The molecule has 22 heavy (non-hydrogen) atoms. The van der Waals surface area contributed by atoms with Crippen LogP contribution in [0.15, 0.2) is 24.4 Å². The number of fused-ring (bicyclic) bond motifs is 1. The molecule has 0 spiro atoms. The fourth-order valence-corrected chi connectivity index (χ4v) is 3.29. The van der Waals surface area contributed by atoms with Gasteiger partial charge < -0.3 is 16.0 Å². The van der Waals surface area contributed by atoms with Crippen molar-refractivity contribution in [1.29, 1.82) is 0 Å². The molecule has 4 nitrogen and oxygen atoms in total. The lowest BCUT2D eigenvalue weighted by Crippen LogP contribution is -2.31. The molecule has 1 heterocycles. The van der Waals surface area contributed by atoms with Gasteiger partial charge in [-0.05, 0) is 43.7 Å². The van der Waals surface area contributed by atoms with Crippen molar-refractivity contribution in [2.75, 3.05) is 6.54 Å². The molecule has 2 unspecified atom stereocenters. The van der Waals surface area contributed by atoms with Crippen molar-refractivity contribution in [2.24, 2.45) is 11.7 Å². The number of aryl methyl sites for hydroxylation is 1. The van der Waals surface area contributed by atoms with E-state index in [0.717, 1.165) is 25.7 Å². The highest BCUT2D eigenvalue weighted by Crippen LogP contribution is 2.24. The van der Waals surface area contributed by atoms with E-state index in [1.807, 2.05) is 0 Å². The van der Waals surface area contributed by atoms with Crippen LogP contribution in [0.4, 0.5) is 0 Å². The van der Waals surface area contributed by atoms with E-state index in [1.54, 1.807) is 0 Å². The minimum Gasteiger partial charge on any atom is -0.361 e. The van der Waals surface area contributed by atoms with Gasteiger partial charge in [-0.3, -0.25) is 4.79 Å². The monoisotopic (exact) mass is 321 g/mol. The van der Waals surface area contributed by atoms with Gasteiger partial charge in [0.2, 0.25) is 5.91 Å². The van der Waals surface area contributed by atoms with Crippen LogP contribution in [0.3, 0.4) is 0 Å². The number of hydrogen-bond donors (Lipinski definition) is 3. The standard InChI is InChI=1S/C17H23N3O.ClH/c1-11-3-2-4-15-13(10-20-16(11)15)7-8-19-17(21)12-5-6-14(18)9-12;/h2-4,10,12,14,20H,5-9,18H2,1H3,(H,19,21);1H. The minimum atomic E-state index is 0. The number of para-hydroxylation sites is 1. The van der Waals surface area contributed by atoms with E-state index in [4.69, 9.17) is 5.73 Å². The molecular formula is C17H24ClN3O. The molecule has 2 aromatic rings. The maximum absolute atomic E-state index is 12.1. The van der Waals surface area contributed by atoms with Gasteiger partial charge in [-0.2, -0.15) is 0 Å². The van der Waals surface area contributed by atoms with E-state index in [1.165, 1.54) is 22.0 Å². The van der Waals surface area contributed by atoms with Crippen molar-refractivity contribution < 1.29 is 4.79 Å². The van der Waals surface area contributed by atoms with Gasteiger partial charge in [-0.25, -0.2) is 0 Å². The number of carbonyl (C=O) groups is 1. The largest absolute Gasteiger partial charge is 0.361 e. The lowest BCUT2D eigenvalue weighted by atomic mass is 10.1. The number of amides is 1. The Bertz CT molecular complexity index is 652. The van der Waals surface area contributed by atoms with Crippen LogP contribution in [0, 0.1) is 12.8 Å². The average Bonchev–Trinajstić information content (AvgIpc) is 3.07. The van der Waals surface area contributed by atoms with Gasteiger partial charge in [0, 0.05) is 35.6 Å². The highest BCUT2D eigenvalue weighted by atomic mass is 35.5. The number of H-pyrrole nitrogens is 1. The summed E-state index contributed by atoms with van der Waals surface area (Å²) in [5.41, 5.74) is 9.57. The lowest BCUT2D eigenvalue weighted by Gasteiger charge is -2.10. The molecule has 120 valence electrons. The molecule has 2 atom stereocenters. The molecule has 3 rings (SSSR count). The Balaban J connectivity index is 0.00000176. The number of benzene rings is 1. The van der Waals surface area contributed by atoms with Crippen molar-refractivity contribution in [1.82, 2.24) is 10.3 Å². The van der Waals surface area contributed by atoms with Gasteiger partial charge in [0.25, 0.3) is 0 Å². The van der Waals surface area contributed by atoms with E-state index >= 15 is 0 Å². The zero-order valence-corrected chi connectivity index (χ0v) is 13.7. The van der Waals surface area contributed by atoms with Crippen LogP contribution in [-0.2, 0) is 11.2 Å². The summed E-state index contributed by atoms with van der Waals surface area (Å²) in [6.45, 7) is 2.79. The topological polar surface area (TPSA) is 70.9 Å². The summed E-state index contributed by atoms with van der Waals surface area (Å²) in [6.07, 6.45) is 5.64. The third kappa shape index (κ3) is 3.45. The summed E-state index contributed by atoms with van der Waals surface area (Å²) >= 11 is 0. The van der Waals surface area contributed by atoms with E-state index in [0.29, 0.717) is 6.54 Å². The minimum absolute atomic E-state index is 0. The van der Waals surface area contributed by atoms with Gasteiger partial charge in [0.1, 0.15) is 0 Å². The Morgan fingerprint density at radius 3 is 2.95 bits per heavy atom. The number of aromatic amines is 1. The molecule has 0 aliphatic heterocycles. The van der Waals surface area contributed by atoms with Crippen LogP contribution in [0.25, 0.3) is 10.9 Å². The lowest BCUT2D eigenvalue weighted by molar-refractivity contribution is -0.124. The maximum Gasteiger partial charge on any atom is 0.223 e. The second-order valence-electron chi connectivity index (χ2n) is 6.12. The fraction of sp³-hybridized carbons (Fsp3) is 0.471. The van der Waals surface area contributed by atoms with E-state index < -0.39 is 0 Å². The molecule has 1 aliphatic carbocycles. The normalized spacial score (nSPS) is 20.8. The zero-order chi connectivity index (χ0) is 14.8. The van der Waals surface area contributed by atoms with Crippen molar-refractivity contribution in [2.45, 2.75) is 38.6 Å². The number of carbonyl (C=O) groups excluding carboxylic acids is 1. The van der Waals surface area contributed by atoms with Crippen molar-refractivity contribution in [3.05, 3.63) is 35.5 Å². The molecule has 1 aliphatic rings. The van der Waals surface area contributed by atoms with Crippen LogP contribution in [0.5, 0.6) is 0 Å². The molecule has 1 aromatic heterocycles. The molecule has 4 N–H and O–H groups in total. The van der Waals surface area contributed by atoms with Gasteiger partial charge in [-0.1, -0.05) is 18.2 Å². The quantitative estimate of drug-likeness (QED) is 0.810. The van der Waals surface area contributed by atoms with Gasteiger partial charge >= 0.3 is 0 Å². The van der Waals surface area contributed by atoms with Crippen molar-refractivity contribution in [3.63, 3.8) is 0 Å². The van der Waals surface area contributed by atoms with Crippen LogP contribution < -0.4 is 11.1 Å². The van der Waals surface area contributed by atoms with Crippen LogP contribution >= 0.6 is 12.4 Å². The Morgan fingerprint density at radius 1 is 1.41 bits per heavy atom. The number of aromatic nitrogens is 1. The van der Waals surface area contributed by atoms with Gasteiger partial charge in [0.05, 0.1) is 0 Å². The molecular weight excluding hydrogens is 298 g/mol. The predicted molar refractivity (Wildman–Crippen MR) is 92.3 cm³/mol. The second-order valence-corrected chi connectivity index (χ2v) is 6.12. The highest BCUT2D eigenvalue weighted by Gasteiger charge is 2.27. The molecule has 1 saturated carbocycles. The number of hydrogen-bond acceptors (Lipinski definition) is 2. The molecule has 1 amide bonds. The molecule has 0 saturated heterocycles. The summed E-state index contributed by atoms with van der Waals surface area (Å²) in [6, 6.07) is 6.52. The maximum atomic E-state index is 12.1. The third-order valence-corrected chi connectivity index (χ3v) is 4.55. The first-order chi connectivity index (χ1) is 10.1. The van der Waals surface area contributed by atoms with E-state index in [2.05, 4.69) is 41.6 Å². The first-order valence-corrected chi connectivity index (χ1v) is 7.74. The molecule has 0 bridgehead atoms. The first kappa shape index (κ1) is 16.8. The van der Waals surface area contributed by atoms with Crippen LogP contribution in [-0.4, -0.2) is 23.5 Å². The Morgan fingerprint density at radius 2 is 2.23 bits per heavy atom. The van der Waals surface area contributed by atoms with Gasteiger partial charge in [0.15, 0.2) is 0 Å². The summed E-state index contributed by atoms with van der Waals surface area (Å²) in [4.78, 5) is 15.4. The SMILES string of the molecule is Cc1cccc2c(CCNC(=O)C3CCC(N)C3)c[nH]c12.Cl. The number of nitrogens with one attached hydrogen (secondary N) is 2. The summed E-state index contributed by atoms with van der Waals surface area (Å²) in [7, 11) is 0. The number of nitrogens with two attached hydrogens (primary N) is 1. The second kappa shape index (κ2) is 7.16. The Kier molecular flexibility index (Phi) is 5.48.